The van der Waals surface area contributed by atoms with E-state index in [2.05, 4.69) is 5.32 Å². The van der Waals surface area contributed by atoms with Crippen LogP contribution in [0.3, 0.4) is 0 Å². The molecule has 1 aliphatic heterocycles. The van der Waals surface area contributed by atoms with Crippen LogP contribution in [0.25, 0.3) is 0 Å². The molecule has 1 aromatic heterocycles. The van der Waals surface area contributed by atoms with Crippen molar-refractivity contribution in [2.24, 2.45) is 0 Å². The number of rotatable bonds is 3. The molecule has 1 spiro atoms. The summed E-state index contributed by atoms with van der Waals surface area (Å²) in [6.45, 7) is 1.11. The number of ether oxygens (including phenoxy) is 2. The van der Waals surface area contributed by atoms with Gasteiger partial charge in [-0.25, -0.2) is 0 Å². The average Bonchev–Trinajstić information content (AvgIpc) is 3.09. The van der Waals surface area contributed by atoms with E-state index < -0.39 is 0 Å². The van der Waals surface area contributed by atoms with Crippen LogP contribution in [0.4, 0.5) is 0 Å². The largest absolute Gasteiger partial charge is 0.349 e. The topological polar surface area (TPSA) is 47.6 Å². The number of amides is 1. The molecule has 18 heavy (non-hydrogen) atoms. The number of nitrogens with one attached hydrogen (secondary N) is 1. The molecule has 3 rings (SSSR count). The van der Waals surface area contributed by atoms with Crippen LogP contribution in [-0.4, -0.2) is 30.9 Å². The van der Waals surface area contributed by atoms with Gasteiger partial charge in [0.2, 0.25) is 0 Å². The normalized spacial score (nSPS) is 25.7. The van der Waals surface area contributed by atoms with Crippen molar-refractivity contribution in [1.82, 2.24) is 5.32 Å². The van der Waals surface area contributed by atoms with E-state index in [1.54, 1.807) is 0 Å². The maximum Gasteiger partial charge on any atom is 0.261 e. The zero-order valence-corrected chi connectivity index (χ0v) is 11.0. The average molecular weight is 267 g/mol. The predicted molar refractivity (Wildman–Crippen MR) is 68.7 cm³/mol. The molecule has 0 radical (unpaired) electrons. The van der Waals surface area contributed by atoms with Crippen LogP contribution in [0.1, 0.15) is 35.4 Å². The monoisotopic (exact) mass is 267 g/mol. The molecule has 2 fully saturated rings. The van der Waals surface area contributed by atoms with Gasteiger partial charge in [0.1, 0.15) is 6.10 Å². The van der Waals surface area contributed by atoms with Gasteiger partial charge in [-0.05, 0) is 24.3 Å². The van der Waals surface area contributed by atoms with Crippen LogP contribution in [0.5, 0.6) is 0 Å². The van der Waals surface area contributed by atoms with E-state index in [0.29, 0.717) is 13.2 Å². The minimum atomic E-state index is -0.335. The summed E-state index contributed by atoms with van der Waals surface area (Å²) in [6, 6.07) is 3.70. The molecule has 1 aromatic rings. The van der Waals surface area contributed by atoms with E-state index in [9.17, 15) is 4.79 Å². The molecular weight excluding hydrogens is 250 g/mol. The van der Waals surface area contributed by atoms with E-state index in [-0.39, 0.29) is 17.8 Å². The molecule has 1 amide bonds. The van der Waals surface area contributed by atoms with Gasteiger partial charge in [-0.1, -0.05) is 6.07 Å². The lowest BCUT2D eigenvalue weighted by molar-refractivity contribution is -0.161. The molecule has 1 atom stereocenters. The molecule has 1 N–H and O–H groups in total. The SMILES string of the molecule is O=C(NCC1COC2(CCCC2)O1)c1cccs1. The third-order valence-corrected chi connectivity index (χ3v) is 4.38. The molecule has 2 heterocycles. The van der Waals surface area contributed by atoms with Crippen LogP contribution in [-0.2, 0) is 9.47 Å². The van der Waals surface area contributed by atoms with Crippen molar-refractivity contribution in [2.75, 3.05) is 13.2 Å². The third-order valence-electron chi connectivity index (χ3n) is 3.51. The van der Waals surface area contributed by atoms with Gasteiger partial charge in [0.25, 0.3) is 5.91 Å². The lowest BCUT2D eigenvalue weighted by Gasteiger charge is -2.21. The van der Waals surface area contributed by atoms with Crippen molar-refractivity contribution in [2.45, 2.75) is 37.6 Å². The summed E-state index contributed by atoms with van der Waals surface area (Å²) in [7, 11) is 0. The van der Waals surface area contributed by atoms with Crippen molar-refractivity contribution in [3.63, 3.8) is 0 Å². The summed E-state index contributed by atoms with van der Waals surface area (Å²) in [5.74, 6) is -0.362. The number of hydrogen-bond donors (Lipinski definition) is 1. The van der Waals surface area contributed by atoms with E-state index in [1.165, 1.54) is 24.2 Å². The Morgan fingerprint density at radius 1 is 1.50 bits per heavy atom. The fraction of sp³-hybridized carbons (Fsp3) is 0.615. The maximum absolute atomic E-state index is 11.8. The van der Waals surface area contributed by atoms with Crippen molar-refractivity contribution in [1.29, 1.82) is 0 Å². The van der Waals surface area contributed by atoms with Crippen LogP contribution in [0, 0.1) is 0 Å². The predicted octanol–water partition coefficient (Wildman–Crippen LogP) is 2.16. The Hall–Kier alpha value is -0.910. The van der Waals surface area contributed by atoms with Gasteiger partial charge in [-0.15, -0.1) is 11.3 Å². The maximum atomic E-state index is 11.8. The van der Waals surface area contributed by atoms with Crippen LogP contribution < -0.4 is 5.32 Å². The van der Waals surface area contributed by atoms with Gasteiger partial charge >= 0.3 is 0 Å². The summed E-state index contributed by atoms with van der Waals surface area (Å²) in [4.78, 5) is 12.5. The lowest BCUT2D eigenvalue weighted by atomic mass is 10.2. The second-order valence-electron chi connectivity index (χ2n) is 4.86. The highest BCUT2D eigenvalue weighted by Gasteiger charge is 2.43. The zero-order valence-electron chi connectivity index (χ0n) is 10.2. The molecule has 1 aliphatic carbocycles. The highest BCUT2D eigenvalue weighted by atomic mass is 32.1. The fourth-order valence-electron chi connectivity index (χ4n) is 2.59. The van der Waals surface area contributed by atoms with E-state index in [1.807, 2.05) is 17.5 Å². The van der Waals surface area contributed by atoms with Gasteiger partial charge in [0, 0.05) is 19.4 Å². The summed E-state index contributed by atoms with van der Waals surface area (Å²) in [5, 5.41) is 4.80. The molecular formula is C13H17NO3S. The Labute approximate surface area is 110 Å². The first-order chi connectivity index (χ1) is 8.77. The number of hydrogen-bond acceptors (Lipinski definition) is 4. The molecule has 1 saturated carbocycles. The first-order valence-electron chi connectivity index (χ1n) is 6.41. The Bertz CT molecular complexity index is 412. The molecule has 1 saturated heterocycles. The molecule has 0 bridgehead atoms. The van der Waals surface area contributed by atoms with Crippen LogP contribution in [0.15, 0.2) is 17.5 Å². The Kier molecular flexibility index (Phi) is 3.37. The van der Waals surface area contributed by atoms with E-state index >= 15 is 0 Å². The van der Waals surface area contributed by atoms with Gasteiger partial charge in [0.15, 0.2) is 5.79 Å². The Morgan fingerprint density at radius 2 is 2.33 bits per heavy atom. The zero-order chi connectivity index (χ0) is 12.4. The van der Waals surface area contributed by atoms with E-state index in [0.717, 1.165) is 17.7 Å². The van der Waals surface area contributed by atoms with Gasteiger partial charge < -0.3 is 14.8 Å². The molecule has 4 nitrogen and oxygen atoms in total. The molecule has 0 aromatic carbocycles. The van der Waals surface area contributed by atoms with Crippen molar-refractivity contribution >= 4 is 17.2 Å². The number of thiophene rings is 1. The van der Waals surface area contributed by atoms with Gasteiger partial charge in [-0.2, -0.15) is 0 Å². The van der Waals surface area contributed by atoms with Crippen molar-refractivity contribution in [3.05, 3.63) is 22.4 Å². The molecule has 98 valence electrons. The summed E-state index contributed by atoms with van der Waals surface area (Å²) >= 11 is 1.45. The molecule has 1 unspecified atom stereocenters. The van der Waals surface area contributed by atoms with Crippen molar-refractivity contribution < 1.29 is 14.3 Å². The summed E-state index contributed by atoms with van der Waals surface area (Å²) in [5.41, 5.74) is 0. The van der Waals surface area contributed by atoms with Gasteiger partial charge in [-0.3, -0.25) is 4.79 Å². The highest BCUT2D eigenvalue weighted by Crippen LogP contribution is 2.38. The highest BCUT2D eigenvalue weighted by molar-refractivity contribution is 7.12. The number of carbonyl (C=O) groups excluding carboxylic acids is 1. The summed E-state index contributed by atoms with van der Waals surface area (Å²) < 4.78 is 11.7. The first kappa shape index (κ1) is 12.1. The van der Waals surface area contributed by atoms with Crippen LogP contribution >= 0.6 is 11.3 Å². The third kappa shape index (κ3) is 2.43. The fourth-order valence-corrected chi connectivity index (χ4v) is 3.23. The van der Waals surface area contributed by atoms with Crippen molar-refractivity contribution in [3.8, 4) is 0 Å². The smallest absolute Gasteiger partial charge is 0.261 e. The lowest BCUT2D eigenvalue weighted by Crippen LogP contribution is -2.34. The van der Waals surface area contributed by atoms with Gasteiger partial charge in [0.05, 0.1) is 11.5 Å². The number of carbonyl (C=O) groups is 1. The minimum absolute atomic E-state index is 0.00740. The van der Waals surface area contributed by atoms with E-state index in [4.69, 9.17) is 9.47 Å². The summed E-state index contributed by atoms with van der Waals surface area (Å²) in [6.07, 6.45) is 4.32. The van der Waals surface area contributed by atoms with Crippen LogP contribution in [0.2, 0.25) is 0 Å². The Balaban J connectivity index is 1.48. The second-order valence-corrected chi connectivity index (χ2v) is 5.80. The first-order valence-corrected chi connectivity index (χ1v) is 7.29. The molecule has 5 heteroatoms. The second kappa shape index (κ2) is 4.99. The Morgan fingerprint density at radius 3 is 3.06 bits per heavy atom. The molecule has 2 aliphatic rings. The standard InChI is InChI=1S/C13H17NO3S/c15-12(11-4-3-7-18-11)14-8-10-9-16-13(17-10)5-1-2-6-13/h3-4,7,10H,1-2,5-6,8-9H2,(H,14,15). The minimum Gasteiger partial charge on any atom is -0.349 e. The quantitative estimate of drug-likeness (QED) is 0.913.